The van der Waals surface area contributed by atoms with Gasteiger partial charge in [-0.1, -0.05) is 73.5 Å². The molecule has 0 radical (unpaired) electrons. The molecule has 0 heterocycles. The first kappa shape index (κ1) is 13.8. The summed E-state index contributed by atoms with van der Waals surface area (Å²) in [5, 5.41) is 13.3. The summed E-state index contributed by atoms with van der Waals surface area (Å²) in [5.41, 5.74) is 0.406. The normalized spacial score (nSPS) is 22.9. The average Bonchev–Trinajstić information content (AvgIpc) is 2.52. The van der Waals surface area contributed by atoms with Crippen LogP contribution in [0, 0.1) is 0 Å². The van der Waals surface area contributed by atoms with Gasteiger partial charge in [-0.3, -0.25) is 0 Å². The number of rotatable bonds is 3. The van der Waals surface area contributed by atoms with Crippen LogP contribution >= 0.6 is 7.92 Å². The summed E-state index contributed by atoms with van der Waals surface area (Å²) < 4.78 is 0. The molecule has 0 spiro atoms. The maximum absolute atomic E-state index is 10.5. The standard InChI is InChI=1S/C18H21OP/c19-17-13-7-8-14-18(17)20(15-9-3-1-4-10-15)16-11-5-2-6-12-16/h1-6,9-12,17-19H,7-8,13-14H2/t17-,18-/m0/s1. The Labute approximate surface area is 122 Å². The summed E-state index contributed by atoms with van der Waals surface area (Å²) in [5.74, 6) is 0. The topological polar surface area (TPSA) is 20.2 Å². The lowest BCUT2D eigenvalue weighted by molar-refractivity contribution is 0.135. The van der Waals surface area contributed by atoms with Crippen LogP contribution in [0.4, 0.5) is 0 Å². The largest absolute Gasteiger partial charge is 0.392 e. The van der Waals surface area contributed by atoms with Crippen molar-refractivity contribution in [3.63, 3.8) is 0 Å². The Hall–Kier alpha value is -1.17. The highest BCUT2D eigenvalue weighted by molar-refractivity contribution is 7.73. The summed E-state index contributed by atoms with van der Waals surface area (Å²) in [6.07, 6.45) is 4.39. The monoisotopic (exact) mass is 284 g/mol. The van der Waals surface area contributed by atoms with E-state index in [4.69, 9.17) is 0 Å². The van der Waals surface area contributed by atoms with Gasteiger partial charge in [0, 0.05) is 5.66 Å². The molecular formula is C18H21OP. The highest BCUT2D eigenvalue weighted by atomic mass is 31.1. The van der Waals surface area contributed by atoms with Crippen LogP contribution in [0.3, 0.4) is 0 Å². The summed E-state index contributed by atoms with van der Waals surface area (Å²) in [7, 11) is -0.458. The van der Waals surface area contributed by atoms with Crippen LogP contribution in [-0.4, -0.2) is 16.9 Å². The Bertz CT molecular complexity index is 486. The molecule has 1 nitrogen and oxygen atoms in total. The number of benzene rings is 2. The minimum absolute atomic E-state index is 0.143. The number of aliphatic hydroxyl groups is 1. The molecule has 1 N–H and O–H groups in total. The first-order chi connectivity index (χ1) is 9.86. The molecule has 0 saturated heterocycles. The summed E-state index contributed by atoms with van der Waals surface area (Å²) >= 11 is 0. The zero-order valence-corrected chi connectivity index (χ0v) is 12.5. The van der Waals surface area contributed by atoms with Crippen molar-refractivity contribution in [2.24, 2.45) is 0 Å². The predicted molar refractivity (Wildman–Crippen MR) is 87.3 cm³/mol. The van der Waals surface area contributed by atoms with Crippen molar-refractivity contribution >= 4 is 18.5 Å². The molecule has 0 aliphatic heterocycles. The van der Waals surface area contributed by atoms with E-state index in [1.807, 2.05) is 0 Å². The second-order valence-corrected chi connectivity index (χ2v) is 7.90. The zero-order valence-electron chi connectivity index (χ0n) is 11.7. The molecular weight excluding hydrogens is 263 g/mol. The van der Waals surface area contributed by atoms with E-state index in [1.165, 1.54) is 23.5 Å². The van der Waals surface area contributed by atoms with E-state index in [2.05, 4.69) is 60.7 Å². The Balaban J connectivity index is 1.99. The van der Waals surface area contributed by atoms with Gasteiger partial charge in [-0.2, -0.15) is 0 Å². The molecule has 2 heteroatoms. The molecule has 0 bridgehead atoms. The smallest absolute Gasteiger partial charge is 0.0613 e. The molecule has 0 aromatic heterocycles. The lowest BCUT2D eigenvalue weighted by Crippen LogP contribution is -2.34. The van der Waals surface area contributed by atoms with Crippen molar-refractivity contribution in [2.45, 2.75) is 37.4 Å². The van der Waals surface area contributed by atoms with Crippen molar-refractivity contribution in [3.8, 4) is 0 Å². The van der Waals surface area contributed by atoms with E-state index < -0.39 is 7.92 Å². The van der Waals surface area contributed by atoms with Gasteiger partial charge in [-0.25, -0.2) is 0 Å². The molecule has 3 rings (SSSR count). The minimum Gasteiger partial charge on any atom is -0.392 e. The number of aliphatic hydroxyl groups excluding tert-OH is 1. The van der Waals surface area contributed by atoms with Crippen molar-refractivity contribution in [1.82, 2.24) is 0 Å². The van der Waals surface area contributed by atoms with E-state index in [0.29, 0.717) is 5.66 Å². The first-order valence-corrected chi connectivity index (χ1v) is 8.85. The van der Waals surface area contributed by atoms with Crippen molar-refractivity contribution in [3.05, 3.63) is 60.7 Å². The Kier molecular flexibility index (Phi) is 4.50. The fourth-order valence-corrected chi connectivity index (χ4v) is 6.09. The maximum atomic E-state index is 10.5. The van der Waals surface area contributed by atoms with Crippen molar-refractivity contribution in [2.75, 3.05) is 0 Å². The fourth-order valence-electron chi connectivity index (χ4n) is 3.10. The molecule has 2 aromatic rings. The van der Waals surface area contributed by atoms with Gasteiger partial charge in [-0.05, 0) is 31.4 Å². The maximum Gasteiger partial charge on any atom is 0.0613 e. The van der Waals surface area contributed by atoms with Crippen LogP contribution in [0.2, 0.25) is 0 Å². The third kappa shape index (κ3) is 2.95. The van der Waals surface area contributed by atoms with E-state index in [0.717, 1.165) is 12.8 Å². The second kappa shape index (κ2) is 6.52. The second-order valence-electron chi connectivity index (χ2n) is 5.46. The summed E-state index contributed by atoms with van der Waals surface area (Å²) in [6, 6.07) is 21.5. The Morgan fingerprint density at radius 2 is 1.25 bits per heavy atom. The van der Waals surface area contributed by atoms with Crippen LogP contribution in [0.1, 0.15) is 25.7 Å². The molecule has 1 aliphatic carbocycles. The van der Waals surface area contributed by atoms with Crippen molar-refractivity contribution < 1.29 is 5.11 Å². The van der Waals surface area contributed by atoms with Gasteiger partial charge in [0.25, 0.3) is 0 Å². The van der Waals surface area contributed by atoms with Gasteiger partial charge < -0.3 is 5.11 Å². The predicted octanol–water partition coefficient (Wildman–Crippen LogP) is 3.42. The Morgan fingerprint density at radius 1 is 0.750 bits per heavy atom. The highest BCUT2D eigenvalue weighted by Crippen LogP contribution is 2.46. The first-order valence-electron chi connectivity index (χ1n) is 7.43. The van der Waals surface area contributed by atoms with Gasteiger partial charge in [0.2, 0.25) is 0 Å². The van der Waals surface area contributed by atoms with Gasteiger partial charge in [0.1, 0.15) is 0 Å². The number of hydrogen-bond donors (Lipinski definition) is 1. The Morgan fingerprint density at radius 3 is 1.75 bits per heavy atom. The third-order valence-corrected chi connectivity index (χ3v) is 7.07. The van der Waals surface area contributed by atoms with Gasteiger partial charge >= 0.3 is 0 Å². The van der Waals surface area contributed by atoms with Gasteiger partial charge in [0.05, 0.1) is 6.10 Å². The fraction of sp³-hybridized carbons (Fsp3) is 0.333. The molecule has 1 saturated carbocycles. The lowest BCUT2D eigenvalue weighted by Gasteiger charge is -2.35. The molecule has 2 aromatic carbocycles. The van der Waals surface area contributed by atoms with Crippen LogP contribution in [-0.2, 0) is 0 Å². The summed E-state index contributed by atoms with van der Waals surface area (Å²) in [4.78, 5) is 0. The van der Waals surface area contributed by atoms with E-state index in [9.17, 15) is 5.11 Å². The SMILES string of the molecule is O[C@H]1CCCC[C@@H]1P(c1ccccc1)c1ccccc1. The third-order valence-electron chi connectivity index (χ3n) is 4.09. The van der Waals surface area contributed by atoms with Crippen LogP contribution in [0.25, 0.3) is 0 Å². The van der Waals surface area contributed by atoms with Gasteiger partial charge in [0.15, 0.2) is 0 Å². The van der Waals surface area contributed by atoms with Crippen molar-refractivity contribution in [1.29, 1.82) is 0 Å². The lowest BCUT2D eigenvalue weighted by atomic mass is 9.97. The molecule has 0 unspecified atom stereocenters. The zero-order chi connectivity index (χ0) is 13.8. The molecule has 1 fully saturated rings. The van der Waals surface area contributed by atoms with Gasteiger partial charge in [-0.15, -0.1) is 0 Å². The quantitative estimate of drug-likeness (QED) is 0.856. The molecule has 2 atom stereocenters. The van der Waals surface area contributed by atoms with E-state index in [-0.39, 0.29) is 6.10 Å². The highest BCUT2D eigenvalue weighted by Gasteiger charge is 2.32. The van der Waals surface area contributed by atoms with Crippen LogP contribution in [0.15, 0.2) is 60.7 Å². The van der Waals surface area contributed by atoms with E-state index in [1.54, 1.807) is 0 Å². The van der Waals surface area contributed by atoms with E-state index >= 15 is 0 Å². The summed E-state index contributed by atoms with van der Waals surface area (Å²) in [6.45, 7) is 0. The molecule has 20 heavy (non-hydrogen) atoms. The minimum atomic E-state index is -0.458. The van der Waals surface area contributed by atoms with Crippen LogP contribution in [0.5, 0.6) is 0 Å². The average molecular weight is 284 g/mol. The number of hydrogen-bond acceptors (Lipinski definition) is 1. The molecule has 104 valence electrons. The molecule has 1 aliphatic rings. The molecule has 0 amide bonds. The van der Waals surface area contributed by atoms with Crippen LogP contribution < -0.4 is 10.6 Å².